The third-order valence-electron chi connectivity index (χ3n) is 4.87. The summed E-state index contributed by atoms with van der Waals surface area (Å²) in [5, 5.41) is 16.4. The third kappa shape index (κ3) is 7.12. The van der Waals surface area contributed by atoms with Gasteiger partial charge in [0.25, 0.3) is 5.91 Å². The van der Waals surface area contributed by atoms with E-state index in [1.165, 1.54) is 22.6 Å². The first-order valence-corrected chi connectivity index (χ1v) is 10.9. The number of hydrogen-bond donors (Lipinski definition) is 2. The Morgan fingerprint density at radius 2 is 1.94 bits per heavy atom. The van der Waals surface area contributed by atoms with Crippen LogP contribution in [0.5, 0.6) is 0 Å². The molecule has 12 heteroatoms. The highest BCUT2D eigenvalue weighted by Gasteiger charge is 2.38. The van der Waals surface area contributed by atoms with Crippen molar-refractivity contribution in [1.82, 2.24) is 25.0 Å². The van der Waals surface area contributed by atoms with Gasteiger partial charge in [-0.15, -0.1) is 11.3 Å². The molecular formula is C21H22F3N5O3S. The highest BCUT2D eigenvalue weighted by Crippen LogP contribution is 2.24. The molecule has 2 aromatic heterocycles. The van der Waals surface area contributed by atoms with Crippen molar-refractivity contribution < 1.29 is 27.9 Å². The molecule has 8 nitrogen and oxygen atoms in total. The molecule has 0 saturated carbocycles. The number of carbonyl (C=O) groups is 2. The van der Waals surface area contributed by atoms with E-state index in [0.29, 0.717) is 12.2 Å². The van der Waals surface area contributed by atoms with Crippen molar-refractivity contribution in [2.75, 3.05) is 13.1 Å². The second kappa shape index (κ2) is 11.1. The number of halogens is 3. The molecule has 1 amide bonds. The van der Waals surface area contributed by atoms with E-state index >= 15 is 0 Å². The highest BCUT2D eigenvalue weighted by molar-refractivity contribution is 7.07. The van der Waals surface area contributed by atoms with Crippen molar-refractivity contribution in [2.24, 2.45) is 0 Å². The molecular weight excluding hydrogens is 459 g/mol. The number of aromatic nitrogens is 3. The first-order chi connectivity index (χ1) is 15.7. The number of nitrogens with zero attached hydrogens (tertiary/aromatic N) is 4. The number of aliphatic carboxylic acids is 1. The Hall–Kier alpha value is -3.25. The second-order valence-electron chi connectivity index (χ2n) is 7.30. The molecule has 176 valence electrons. The predicted octanol–water partition coefficient (Wildman–Crippen LogP) is 3.35. The van der Waals surface area contributed by atoms with Crippen LogP contribution in [-0.4, -0.2) is 55.9 Å². The molecule has 0 aliphatic carbocycles. The van der Waals surface area contributed by atoms with Gasteiger partial charge in [-0.05, 0) is 18.1 Å². The number of thiazole rings is 1. The maximum atomic E-state index is 12.0. The van der Waals surface area contributed by atoms with Crippen LogP contribution < -0.4 is 5.32 Å². The lowest BCUT2D eigenvalue weighted by Crippen LogP contribution is -2.39. The van der Waals surface area contributed by atoms with Gasteiger partial charge in [0, 0.05) is 37.8 Å². The van der Waals surface area contributed by atoms with Gasteiger partial charge < -0.3 is 10.4 Å². The fraction of sp³-hybridized carbons (Fsp3) is 0.333. The van der Waals surface area contributed by atoms with E-state index < -0.39 is 12.1 Å². The molecule has 0 bridgehead atoms. The number of carbonyl (C=O) groups excluding carboxylic acids is 1. The first-order valence-electron chi connectivity index (χ1n) is 9.99. The Kier molecular flexibility index (Phi) is 8.17. The molecule has 1 aliphatic rings. The van der Waals surface area contributed by atoms with Crippen molar-refractivity contribution in [3.8, 4) is 0 Å². The number of nitrogens with one attached hydrogen (secondary N) is 1. The standard InChI is InChI=1S/C19H21N5OS.C2HF3O2/c25-19(18-13-26-14-21-18)20-8-6-16-11-23(10-15-4-2-1-3-5-15)12-17-7-9-22-24(16)17;3-2(4,5)1(6)7/h1-5,7,9,13-14,16H,6,8,10-12H2,(H,20,25);(H,6,7). The maximum Gasteiger partial charge on any atom is 0.490 e. The van der Waals surface area contributed by atoms with Crippen molar-refractivity contribution in [3.05, 3.63) is 70.4 Å². The monoisotopic (exact) mass is 481 g/mol. The van der Waals surface area contributed by atoms with E-state index in [1.54, 1.807) is 10.9 Å². The SMILES string of the molecule is O=C(NCCC1CN(Cc2ccccc2)Cc2ccnn21)c1cscn1.O=C(O)C(F)(F)F. The van der Waals surface area contributed by atoms with Gasteiger partial charge in [-0.2, -0.15) is 18.3 Å². The summed E-state index contributed by atoms with van der Waals surface area (Å²) in [6.45, 7) is 3.36. The fourth-order valence-electron chi connectivity index (χ4n) is 3.41. The molecule has 1 unspecified atom stereocenters. The average Bonchev–Trinajstić information content (AvgIpc) is 3.46. The molecule has 0 fully saturated rings. The molecule has 4 rings (SSSR count). The largest absolute Gasteiger partial charge is 0.490 e. The first kappa shape index (κ1) is 24.4. The van der Waals surface area contributed by atoms with Crippen LogP contribution in [0.25, 0.3) is 0 Å². The van der Waals surface area contributed by atoms with E-state index in [-0.39, 0.29) is 11.9 Å². The summed E-state index contributed by atoms with van der Waals surface area (Å²) in [6.07, 6.45) is -2.38. The van der Waals surface area contributed by atoms with Crippen LogP contribution in [0.3, 0.4) is 0 Å². The normalized spacial score (nSPS) is 15.8. The minimum atomic E-state index is -5.08. The van der Waals surface area contributed by atoms with Gasteiger partial charge in [0.2, 0.25) is 0 Å². The number of hydrogen-bond acceptors (Lipinski definition) is 6. The summed E-state index contributed by atoms with van der Waals surface area (Å²) in [4.78, 5) is 27.4. The number of carboxylic acid groups (broad SMARTS) is 1. The molecule has 1 atom stereocenters. The van der Waals surface area contributed by atoms with Crippen molar-refractivity contribution >= 4 is 23.2 Å². The van der Waals surface area contributed by atoms with E-state index in [0.717, 1.165) is 26.1 Å². The van der Waals surface area contributed by atoms with Crippen molar-refractivity contribution in [1.29, 1.82) is 0 Å². The maximum absolute atomic E-state index is 12.0. The zero-order chi connectivity index (χ0) is 23.8. The van der Waals surface area contributed by atoms with Crippen molar-refractivity contribution in [3.63, 3.8) is 0 Å². The number of fused-ring (bicyclic) bond motifs is 1. The van der Waals surface area contributed by atoms with Crippen LogP contribution in [0.4, 0.5) is 13.2 Å². The van der Waals surface area contributed by atoms with Crippen molar-refractivity contribution in [2.45, 2.75) is 31.7 Å². The minimum Gasteiger partial charge on any atom is -0.475 e. The molecule has 1 aromatic carbocycles. The van der Waals surface area contributed by atoms with Gasteiger partial charge in [0.1, 0.15) is 5.69 Å². The number of benzene rings is 1. The average molecular weight is 482 g/mol. The molecule has 2 N–H and O–H groups in total. The lowest BCUT2D eigenvalue weighted by molar-refractivity contribution is -0.192. The second-order valence-corrected chi connectivity index (χ2v) is 8.02. The lowest BCUT2D eigenvalue weighted by atomic mass is 10.1. The summed E-state index contributed by atoms with van der Waals surface area (Å²) in [7, 11) is 0. The molecule has 0 radical (unpaired) electrons. The molecule has 33 heavy (non-hydrogen) atoms. The lowest BCUT2D eigenvalue weighted by Gasteiger charge is -2.34. The zero-order valence-corrected chi connectivity index (χ0v) is 18.2. The Balaban J connectivity index is 0.000000383. The quantitative estimate of drug-likeness (QED) is 0.560. The highest BCUT2D eigenvalue weighted by atomic mass is 32.1. The fourth-order valence-corrected chi connectivity index (χ4v) is 3.94. The molecule has 0 spiro atoms. The number of rotatable bonds is 6. The summed E-state index contributed by atoms with van der Waals surface area (Å²) in [5.41, 5.74) is 4.70. The molecule has 1 aliphatic heterocycles. The van der Waals surface area contributed by atoms with Gasteiger partial charge in [-0.3, -0.25) is 14.4 Å². The van der Waals surface area contributed by atoms with Crippen LogP contribution in [0, 0.1) is 0 Å². The minimum absolute atomic E-state index is 0.108. The van der Waals surface area contributed by atoms with Crippen LogP contribution >= 0.6 is 11.3 Å². The van der Waals surface area contributed by atoms with Gasteiger partial charge in [-0.1, -0.05) is 30.3 Å². The summed E-state index contributed by atoms with van der Waals surface area (Å²) in [5.74, 6) is -2.86. The number of alkyl halides is 3. The van der Waals surface area contributed by atoms with E-state index in [9.17, 15) is 18.0 Å². The molecule has 3 aromatic rings. The number of amides is 1. The van der Waals surface area contributed by atoms with Crippen LogP contribution in [-0.2, 0) is 17.9 Å². The topological polar surface area (TPSA) is 100 Å². The third-order valence-corrected chi connectivity index (χ3v) is 5.46. The van der Waals surface area contributed by atoms with Crippen LogP contribution in [0.15, 0.2) is 53.5 Å². The predicted molar refractivity (Wildman–Crippen MR) is 115 cm³/mol. The van der Waals surface area contributed by atoms with Crippen LogP contribution in [0.1, 0.15) is 34.2 Å². The van der Waals surface area contributed by atoms with Gasteiger partial charge in [0.15, 0.2) is 0 Å². The van der Waals surface area contributed by atoms with Gasteiger partial charge in [-0.25, -0.2) is 9.78 Å². The van der Waals surface area contributed by atoms with E-state index in [1.807, 2.05) is 12.3 Å². The molecule has 0 saturated heterocycles. The molecule has 3 heterocycles. The van der Waals surface area contributed by atoms with Gasteiger partial charge >= 0.3 is 12.1 Å². The number of carboxylic acids is 1. The summed E-state index contributed by atoms with van der Waals surface area (Å²) < 4.78 is 33.8. The Morgan fingerprint density at radius 1 is 1.21 bits per heavy atom. The smallest absolute Gasteiger partial charge is 0.475 e. The van der Waals surface area contributed by atoms with E-state index in [4.69, 9.17) is 9.90 Å². The summed E-state index contributed by atoms with van der Waals surface area (Å²) in [6, 6.07) is 12.9. The Labute approximate surface area is 191 Å². The van der Waals surface area contributed by atoms with E-state index in [2.05, 4.69) is 55.3 Å². The van der Waals surface area contributed by atoms with Gasteiger partial charge in [0.05, 0.1) is 17.2 Å². The summed E-state index contributed by atoms with van der Waals surface area (Å²) >= 11 is 1.43. The Bertz CT molecular complexity index is 1040. The zero-order valence-electron chi connectivity index (χ0n) is 17.4. The van der Waals surface area contributed by atoms with Crippen LogP contribution in [0.2, 0.25) is 0 Å². The Morgan fingerprint density at radius 3 is 2.58 bits per heavy atom.